The number of hydrogen-bond acceptors (Lipinski definition) is 5. The van der Waals surface area contributed by atoms with E-state index in [0.717, 1.165) is 0 Å². The summed E-state index contributed by atoms with van der Waals surface area (Å²) in [5, 5.41) is 26.7. The summed E-state index contributed by atoms with van der Waals surface area (Å²) in [4.78, 5) is 10.2. The lowest BCUT2D eigenvalue weighted by molar-refractivity contribution is -0.384. The molecule has 0 amide bonds. The van der Waals surface area contributed by atoms with Gasteiger partial charge in [-0.2, -0.15) is 0 Å². The summed E-state index contributed by atoms with van der Waals surface area (Å²) in [7, 11) is 1.39. The van der Waals surface area contributed by atoms with Crippen LogP contribution in [0, 0.1) is 10.1 Å². The summed E-state index contributed by atoms with van der Waals surface area (Å²) in [5.74, 6) is 0.243. The van der Waals surface area contributed by atoms with Crippen molar-refractivity contribution < 1.29 is 14.8 Å². The maximum absolute atomic E-state index is 10.8. The van der Waals surface area contributed by atoms with Gasteiger partial charge in [-0.05, 0) is 36.5 Å². The molecule has 0 aliphatic carbocycles. The molecule has 0 heterocycles. The number of phenols is 1. The molecule has 0 bridgehead atoms. The van der Waals surface area contributed by atoms with E-state index in [4.69, 9.17) is 28.6 Å². The Morgan fingerprint density at radius 1 is 1.26 bits per heavy atom. The summed E-state index contributed by atoms with van der Waals surface area (Å²) < 4.78 is 5.11. The summed E-state index contributed by atoms with van der Waals surface area (Å²) in [6.45, 7) is 0. The number of phenolic OH excluding ortho intramolecular Hbond substituents is 1. The second-order valence-electron chi connectivity index (χ2n) is 4.38. The van der Waals surface area contributed by atoms with Crippen molar-refractivity contribution in [2.24, 2.45) is 0 Å². The van der Waals surface area contributed by atoms with Crippen LogP contribution in [0.1, 0.15) is 0 Å². The van der Waals surface area contributed by atoms with Crippen LogP contribution >= 0.6 is 23.8 Å². The van der Waals surface area contributed by atoms with Crippen LogP contribution in [0.25, 0.3) is 0 Å². The molecule has 3 N–H and O–H groups in total. The lowest BCUT2D eigenvalue weighted by atomic mass is 10.2. The predicted molar refractivity (Wildman–Crippen MR) is 92.6 cm³/mol. The summed E-state index contributed by atoms with van der Waals surface area (Å²) in [6.07, 6.45) is 0. The Balaban J connectivity index is 2.17. The number of halogens is 1. The van der Waals surface area contributed by atoms with Crippen LogP contribution in [0.4, 0.5) is 17.1 Å². The molecule has 0 radical (unpaired) electrons. The second kappa shape index (κ2) is 7.12. The predicted octanol–water partition coefficient (Wildman–Crippen LogP) is 3.77. The van der Waals surface area contributed by atoms with E-state index in [9.17, 15) is 15.2 Å². The van der Waals surface area contributed by atoms with Crippen molar-refractivity contribution in [1.29, 1.82) is 0 Å². The van der Waals surface area contributed by atoms with E-state index in [0.29, 0.717) is 16.4 Å². The number of benzene rings is 2. The quantitative estimate of drug-likeness (QED) is 0.333. The molecule has 23 heavy (non-hydrogen) atoms. The minimum atomic E-state index is -0.521. The first-order valence-electron chi connectivity index (χ1n) is 6.29. The summed E-state index contributed by atoms with van der Waals surface area (Å²) >= 11 is 11.0. The molecule has 2 rings (SSSR count). The lowest BCUT2D eigenvalue weighted by Crippen LogP contribution is -2.19. The number of thiocarbonyl (C=S) groups is 1. The Morgan fingerprint density at radius 2 is 1.96 bits per heavy atom. The number of methoxy groups -OCH3 is 1. The number of rotatable bonds is 4. The van der Waals surface area contributed by atoms with E-state index in [1.54, 1.807) is 0 Å². The molecule has 9 heteroatoms. The first-order chi connectivity index (χ1) is 10.9. The van der Waals surface area contributed by atoms with Crippen molar-refractivity contribution in [2.75, 3.05) is 17.7 Å². The van der Waals surface area contributed by atoms with Gasteiger partial charge in [-0.15, -0.1) is 0 Å². The third-order valence-corrected chi connectivity index (χ3v) is 3.29. The van der Waals surface area contributed by atoms with Gasteiger partial charge >= 0.3 is 0 Å². The Kier molecular flexibility index (Phi) is 5.20. The third kappa shape index (κ3) is 4.21. The van der Waals surface area contributed by atoms with Crippen LogP contribution in [0.2, 0.25) is 5.02 Å². The molecule has 0 fully saturated rings. The molecule has 0 unspecified atom stereocenters. The van der Waals surface area contributed by atoms with E-state index in [-0.39, 0.29) is 22.3 Å². The molecule has 0 saturated heterocycles. The van der Waals surface area contributed by atoms with Crippen molar-refractivity contribution in [3.63, 3.8) is 0 Å². The minimum Gasteiger partial charge on any atom is -0.506 e. The van der Waals surface area contributed by atoms with Gasteiger partial charge in [0.2, 0.25) is 0 Å². The maximum Gasteiger partial charge on any atom is 0.273 e. The fourth-order valence-electron chi connectivity index (χ4n) is 1.78. The summed E-state index contributed by atoms with van der Waals surface area (Å²) in [6, 6.07) is 8.56. The molecule has 2 aromatic rings. The zero-order valence-electron chi connectivity index (χ0n) is 11.9. The smallest absolute Gasteiger partial charge is 0.273 e. The number of nitro benzene ring substituents is 1. The van der Waals surface area contributed by atoms with Crippen molar-refractivity contribution in [3.05, 3.63) is 51.5 Å². The van der Waals surface area contributed by atoms with Gasteiger partial charge in [0.15, 0.2) is 5.11 Å². The normalized spacial score (nSPS) is 10.0. The number of non-ortho nitro benzene ring substituents is 1. The lowest BCUT2D eigenvalue weighted by Gasteiger charge is -2.14. The van der Waals surface area contributed by atoms with Crippen LogP contribution in [0.15, 0.2) is 36.4 Å². The van der Waals surface area contributed by atoms with Crippen LogP contribution in [-0.4, -0.2) is 22.3 Å². The largest absolute Gasteiger partial charge is 0.506 e. The second-order valence-corrected chi connectivity index (χ2v) is 5.23. The van der Waals surface area contributed by atoms with Crippen LogP contribution in [0.3, 0.4) is 0 Å². The number of hydrogen-bond donors (Lipinski definition) is 3. The summed E-state index contributed by atoms with van der Waals surface area (Å²) in [5.41, 5.74) is 0.673. The van der Waals surface area contributed by atoms with Gasteiger partial charge in [-0.3, -0.25) is 10.1 Å². The zero-order valence-corrected chi connectivity index (χ0v) is 13.4. The highest BCUT2D eigenvalue weighted by atomic mass is 35.5. The highest BCUT2D eigenvalue weighted by molar-refractivity contribution is 7.80. The molecular weight excluding hydrogens is 342 g/mol. The first kappa shape index (κ1) is 16.8. The Labute approximate surface area is 142 Å². The Bertz CT molecular complexity index is 770. The number of nitrogens with one attached hydrogen (secondary N) is 2. The molecule has 0 aromatic heterocycles. The van der Waals surface area contributed by atoms with Gasteiger partial charge in [0, 0.05) is 11.1 Å². The van der Waals surface area contributed by atoms with Crippen molar-refractivity contribution in [1.82, 2.24) is 0 Å². The van der Waals surface area contributed by atoms with Crippen LogP contribution in [0.5, 0.6) is 11.5 Å². The fourth-order valence-corrected chi connectivity index (χ4v) is 2.17. The number of anilines is 2. The molecule has 0 aliphatic heterocycles. The van der Waals surface area contributed by atoms with E-state index >= 15 is 0 Å². The number of nitrogens with zero attached hydrogens (tertiary/aromatic N) is 1. The van der Waals surface area contributed by atoms with E-state index in [1.165, 1.54) is 43.5 Å². The van der Waals surface area contributed by atoms with Gasteiger partial charge < -0.3 is 20.5 Å². The van der Waals surface area contributed by atoms with Crippen LogP contribution in [-0.2, 0) is 0 Å². The number of ether oxygens (including phenoxy) is 1. The molecule has 7 nitrogen and oxygen atoms in total. The minimum absolute atomic E-state index is 0.0192. The number of aromatic hydroxyl groups is 1. The molecule has 120 valence electrons. The van der Waals surface area contributed by atoms with Crippen molar-refractivity contribution in [2.45, 2.75) is 0 Å². The van der Waals surface area contributed by atoms with Gasteiger partial charge in [-0.25, -0.2) is 0 Å². The van der Waals surface area contributed by atoms with E-state index in [1.807, 2.05) is 0 Å². The average molecular weight is 354 g/mol. The van der Waals surface area contributed by atoms with Crippen LogP contribution < -0.4 is 15.4 Å². The van der Waals surface area contributed by atoms with Crippen molar-refractivity contribution >= 4 is 46.0 Å². The van der Waals surface area contributed by atoms with Gasteiger partial charge in [-0.1, -0.05) is 11.6 Å². The van der Waals surface area contributed by atoms with E-state index < -0.39 is 4.92 Å². The Morgan fingerprint density at radius 3 is 2.61 bits per heavy atom. The molecule has 0 spiro atoms. The standard InChI is InChI=1S/C14H12ClN3O4S/c1-22-13-7-9(18(20)21)3-4-10(13)16-14(23)17-11-6-8(15)2-5-12(11)19/h2-7,19H,1H3,(H2,16,17,23). The van der Waals surface area contributed by atoms with E-state index in [2.05, 4.69) is 10.6 Å². The van der Waals surface area contributed by atoms with Gasteiger partial charge in [0.25, 0.3) is 5.69 Å². The molecule has 0 atom stereocenters. The first-order valence-corrected chi connectivity index (χ1v) is 7.08. The number of nitro groups is 1. The highest BCUT2D eigenvalue weighted by Gasteiger charge is 2.13. The monoisotopic (exact) mass is 353 g/mol. The third-order valence-electron chi connectivity index (χ3n) is 2.85. The highest BCUT2D eigenvalue weighted by Crippen LogP contribution is 2.30. The van der Waals surface area contributed by atoms with Gasteiger partial charge in [0.05, 0.1) is 29.5 Å². The molecular formula is C14H12ClN3O4S. The fraction of sp³-hybridized carbons (Fsp3) is 0.0714. The molecule has 0 aliphatic rings. The average Bonchev–Trinajstić information content (AvgIpc) is 2.51. The SMILES string of the molecule is COc1cc([N+](=O)[O-])ccc1NC(=S)Nc1cc(Cl)ccc1O. The zero-order chi connectivity index (χ0) is 17.0. The Hall–Kier alpha value is -2.58. The van der Waals surface area contributed by atoms with Gasteiger partial charge in [0.1, 0.15) is 11.5 Å². The maximum atomic E-state index is 10.8. The molecule has 2 aromatic carbocycles. The topological polar surface area (TPSA) is 96.7 Å². The van der Waals surface area contributed by atoms with Crippen molar-refractivity contribution in [3.8, 4) is 11.5 Å². The molecule has 0 saturated carbocycles.